The molecule has 0 spiro atoms. The van der Waals surface area contributed by atoms with Crippen molar-refractivity contribution in [3.05, 3.63) is 102 Å². The zero-order chi connectivity index (χ0) is 28.7. The van der Waals surface area contributed by atoms with Crippen LogP contribution in [0.2, 0.25) is 0 Å². The van der Waals surface area contributed by atoms with E-state index in [0.717, 1.165) is 44.7 Å². The fraction of sp³-hybridized carbons (Fsp3) is 0.237. The van der Waals surface area contributed by atoms with Crippen molar-refractivity contribution in [2.75, 3.05) is 5.32 Å². The first-order chi connectivity index (χ1) is 19.5. The van der Waals surface area contributed by atoms with Crippen LogP contribution in [-0.4, -0.2) is 4.98 Å². The van der Waals surface area contributed by atoms with Crippen molar-refractivity contribution in [1.29, 1.82) is 0 Å². The van der Waals surface area contributed by atoms with Gasteiger partial charge < -0.3 is 9.73 Å². The van der Waals surface area contributed by atoms with Crippen molar-refractivity contribution in [1.82, 2.24) is 4.98 Å². The van der Waals surface area contributed by atoms with E-state index in [2.05, 4.69) is 125 Å². The van der Waals surface area contributed by atoms with E-state index >= 15 is 0 Å². The molecule has 1 aliphatic heterocycles. The summed E-state index contributed by atoms with van der Waals surface area (Å²) in [6.07, 6.45) is 1.86. The van der Waals surface area contributed by atoms with Gasteiger partial charge >= 0.3 is 0 Å². The fourth-order valence-corrected chi connectivity index (χ4v) is 6.16. The number of hydrogen-bond acceptors (Lipinski definition) is 3. The Bertz CT molecular complexity index is 1980. The molecule has 1 N–H and O–H groups in total. The van der Waals surface area contributed by atoms with Crippen molar-refractivity contribution in [2.24, 2.45) is 0 Å². The number of nitrogens with one attached hydrogen (secondary N) is 1. The number of pyridine rings is 1. The van der Waals surface area contributed by atoms with Crippen LogP contribution >= 0.6 is 0 Å². The van der Waals surface area contributed by atoms with Gasteiger partial charge in [-0.3, -0.25) is 4.98 Å². The molecule has 3 heteroatoms. The quantitative estimate of drug-likeness (QED) is 0.227. The van der Waals surface area contributed by atoms with E-state index in [4.69, 9.17) is 4.42 Å². The zero-order valence-electron chi connectivity index (χ0n) is 24.9. The number of benzene rings is 4. The lowest BCUT2D eigenvalue weighted by atomic mass is 9.81. The summed E-state index contributed by atoms with van der Waals surface area (Å²) in [6, 6.07) is 28.5. The Balaban J connectivity index is 1.62. The minimum Gasteiger partial charge on any atom is -0.456 e. The Labute approximate surface area is 242 Å². The topological polar surface area (TPSA) is 38.1 Å². The van der Waals surface area contributed by atoms with Crippen molar-refractivity contribution in [2.45, 2.75) is 59.3 Å². The molecule has 3 heterocycles. The third-order valence-corrected chi connectivity index (χ3v) is 8.58. The minimum atomic E-state index is 0.0340. The van der Waals surface area contributed by atoms with Crippen molar-refractivity contribution in [3.8, 4) is 33.5 Å². The minimum absolute atomic E-state index is 0.0340. The molecule has 0 saturated carbocycles. The van der Waals surface area contributed by atoms with E-state index < -0.39 is 0 Å². The molecule has 4 aromatic carbocycles. The summed E-state index contributed by atoms with van der Waals surface area (Å²) in [5, 5.41) is 6.16. The lowest BCUT2D eigenvalue weighted by molar-refractivity contribution is 0.590. The molecule has 204 valence electrons. The van der Waals surface area contributed by atoms with Crippen molar-refractivity contribution < 1.29 is 4.42 Å². The maximum absolute atomic E-state index is 6.64. The highest BCUT2D eigenvalue weighted by Gasteiger charge is 2.27. The van der Waals surface area contributed by atoms with E-state index in [-0.39, 0.29) is 10.8 Å². The van der Waals surface area contributed by atoms with Crippen LogP contribution < -0.4 is 5.32 Å². The molecule has 0 unspecified atom stereocenters. The van der Waals surface area contributed by atoms with Gasteiger partial charge in [-0.2, -0.15) is 0 Å². The van der Waals surface area contributed by atoms with E-state index in [1.807, 2.05) is 18.3 Å². The summed E-state index contributed by atoms with van der Waals surface area (Å²) in [5.41, 5.74) is 14.8. The molecule has 0 fully saturated rings. The van der Waals surface area contributed by atoms with E-state index in [1.165, 1.54) is 38.8 Å². The molecule has 3 nitrogen and oxygen atoms in total. The SMILES string of the molecule is Cc1c2cc3oc4ccc(C(C)(C)C)cc4c3c1-c1cc(-c3ccccn3)ccc1Nc1ccc(C(C)(C)C)cc1-2. The molecule has 0 aliphatic carbocycles. The van der Waals surface area contributed by atoms with Gasteiger partial charge in [-0.05, 0) is 100 Å². The number of aromatic nitrogens is 1. The average Bonchev–Trinajstić information content (AvgIpc) is 3.30. The molecule has 7 rings (SSSR count). The Morgan fingerprint density at radius 2 is 1.37 bits per heavy atom. The molecule has 2 bridgehead atoms. The summed E-state index contributed by atoms with van der Waals surface area (Å²) in [6.45, 7) is 15.9. The molecular formula is C38H36N2O. The van der Waals surface area contributed by atoms with Crippen LogP contribution in [0.4, 0.5) is 11.4 Å². The third-order valence-electron chi connectivity index (χ3n) is 8.58. The smallest absolute Gasteiger partial charge is 0.136 e. The first-order valence-corrected chi connectivity index (χ1v) is 14.5. The number of hydrogen-bond donors (Lipinski definition) is 1. The number of nitrogens with zero attached hydrogens (tertiary/aromatic N) is 1. The summed E-state index contributed by atoms with van der Waals surface area (Å²) < 4.78 is 6.64. The monoisotopic (exact) mass is 536 g/mol. The lowest BCUT2D eigenvalue weighted by Gasteiger charge is -2.26. The Hall–Kier alpha value is -4.37. The molecular weight excluding hydrogens is 500 g/mol. The van der Waals surface area contributed by atoms with Gasteiger partial charge in [0.1, 0.15) is 11.2 Å². The number of rotatable bonds is 1. The van der Waals surface area contributed by atoms with Gasteiger partial charge in [0.15, 0.2) is 0 Å². The van der Waals surface area contributed by atoms with Crippen LogP contribution in [0.3, 0.4) is 0 Å². The molecule has 2 aromatic heterocycles. The summed E-state index contributed by atoms with van der Waals surface area (Å²) >= 11 is 0. The second-order valence-corrected chi connectivity index (χ2v) is 13.5. The largest absolute Gasteiger partial charge is 0.456 e. The maximum Gasteiger partial charge on any atom is 0.136 e. The standard InChI is InChI=1S/C38H36N2O/c1-22-26-21-34-36(29-20-25(38(5,6)7)13-16-33(29)41-34)35(22)28-18-23(30-10-8-9-17-39-30)11-14-32(28)40-31-15-12-24(19-27(26)31)37(2,3)4/h8-21,40H,1-7H3. The molecule has 41 heavy (non-hydrogen) atoms. The van der Waals surface area contributed by atoms with Gasteiger partial charge in [-0.15, -0.1) is 0 Å². The molecule has 6 aromatic rings. The van der Waals surface area contributed by atoms with Gasteiger partial charge in [0.05, 0.1) is 5.69 Å². The first kappa shape index (κ1) is 25.6. The van der Waals surface area contributed by atoms with Gasteiger partial charge in [0.2, 0.25) is 0 Å². The Morgan fingerprint density at radius 3 is 2.10 bits per heavy atom. The molecule has 0 atom stereocenters. The first-order valence-electron chi connectivity index (χ1n) is 14.5. The highest BCUT2D eigenvalue weighted by Crippen LogP contribution is 2.50. The van der Waals surface area contributed by atoms with Crippen molar-refractivity contribution in [3.63, 3.8) is 0 Å². The molecule has 1 aliphatic rings. The number of anilines is 2. The Kier molecular flexibility index (Phi) is 5.50. The molecule has 0 amide bonds. The highest BCUT2D eigenvalue weighted by atomic mass is 16.3. The van der Waals surface area contributed by atoms with Crippen LogP contribution in [0.5, 0.6) is 0 Å². The average molecular weight is 537 g/mol. The van der Waals surface area contributed by atoms with Gasteiger partial charge in [0.25, 0.3) is 0 Å². The predicted molar refractivity (Wildman–Crippen MR) is 173 cm³/mol. The maximum atomic E-state index is 6.64. The van der Waals surface area contributed by atoms with E-state index in [1.54, 1.807) is 0 Å². The van der Waals surface area contributed by atoms with E-state index in [9.17, 15) is 0 Å². The second kappa shape index (κ2) is 8.81. The van der Waals surface area contributed by atoms with Crippen LogP contribution in [0.1, 0.15) is 58.2 Å². The van der Waals surface area contributed by atoms with E-state index in [0.29, 0.717) is 0 Å². The van der Waals surface area contributed by atoms with Gasteiger partial charge in [-0.25, -0.2) is 0 Å². The summed E-state index contributed by atoms with van der Waals surface area (Å²) in [5.74, 6) is 0. The molecule has 0 saturated heterocycles. The Morgan fingerprint density at radius 1 is 0.659 bits per heavy atom. The zero-order valence-corrected chi connectivity index (χ0v) is 24.9. The summed E-state index contributed by atoms with van der Waals surface area (Å²) in [7, 11) is 0. The van der Waals surface area contributed by atoms with Gasteiger partial charge in [-0.1, -0.05) is 65.8 Å². The number of fused-ring (bicyclic) bond motifs is 10. The fourth-order valence-electron chi connectivity index (χ4n) is 6.16. The van der Waals surface area contributed by atoms with Crippen LogP contribution in [0.15, 0.2) is 89.5 Å². The third kappa shape index (κ3) is 4.14. The summed E-state index contributed by atoms with van der Waals surface area (Å²) in [4.78, 5) is 4.66. The number of furan rings is 1. The van der Waals surface area contributed by atoms with Crippen LogP contribution in [0.25, 0.3) is 55.4 Å². The lowest BCUT2D eigenvalue weighted by Crippen LogP contribution is -2.12. The highest BCUT2D eigenvalue weighted by molar-refractivity contribution is 6.17. The van der Waals surface area contributed by atoms with Crippen molar-refractivity contribution >= 4 is 33.3 Å². The second-order valence-electron chi connectivity index (χ2n) is 13.5. The van der Waals surface area contributed by atoms with Gasteiger partial charge in [0, 0.05) is 45.0 Å². The predicted octanol–water partition coefficient (Wildman–Crippen LogP) is 10.9. The normalized spacial score (nSPS) is 13.0. The van der Waals surface area contributed by atoms with Crippen LogP contribution in [0, 0.1) is 6.92 Å². The van der Waals surface area contributed by atoms with Crippen LogP contribution in [-0.2, 0) is 10.8 Å². The molecule has 0 radical (unpaired) electrons.